The molecule has 5 heteroatoms. The molecule has 3 aromatic rings. The Morgan fingerprint density at radius 1 is 1.09 bits per heavy atom. The largest absolute Gasteiger partial charge is 0.337 e. The van der Waals surface area contributed by atoms with E-state index >= 15 is 0 Å². The van der Waals surface area contributed by atoms with Gasteiger partial charge in [0.25, 0.3) is 5.91 Å². The quantitative estimate of drug-likeness (QED) is 0.716. The van der Waals surface area contributed by atoms with E-state index in [1.807, 2.05) is 17.0 Å². The lowest BCUT2D eigenvalue weighted by molar-refractivity contribution is 0.0718. The highest BCUT2D eigenvalue weighted by atomic mass is 32.1. The van der Waals surface area contributed by atoms with Crippen LogP contribution in [0.3, 0.4) is 0 Å². The highest BCUT2D eigenvalue weighted by Crippen LogP contribution is 2.32. The number of hydrogen-bond donors (Lipinski definition) is 0. The Hall–Kier alpha value is -2.27. The van der Waals surface area contributed by atoms with Gasteiger partial charge in [0, 0.05) is 34.1 Å². The molecule has 4 rings (SSSR count). The number of likely N-dealkylation sites (tertiary alicyclic amines) is 1. The molecule has 2 aromatic heterocycles. The number of aromatic nitrogens is 2. The zero-order chi connectivity index (χ0) is 15.6. The van der Waals surface area contributed by atoms with Crippen LogP contribution in [0.1, 0.15) is 29.8 Å². The van der Waals surface area contributed by atoms with E-state index in [9.17, 15) is 4.79 Å². The predicted molar refractivity (Wildman–Crippen MR) is 92.6 cm³/mol. The fourth-order valence-electron chi connectivity index (χ4n) is 3.03. The van der Waals surface area contributed by atoms with Gasteiger partial charge in [-0.1, -0.05) is 18.2 Å². The molecular formula is C18H17N3OS. The van der Waals surface area contributed by atoms with Crippen molar-refractivity contribution in [2.75, 3.05) is 13.1 Å². The molecule has 0 spiro atoms. The van der Waals surface area contributed by atoms with Gasteiger partial charge in [-0.15, -0.1) is 11.3 Å². The van der Waals surface area contributed by atoms with Crippen molar-refractivity contribution in [3.05, 3.63) is 47.7 Å². The molecule has 0 aliphatic carbocycles. The standard InChI is InChI=1S/C18H17N3OS/c22-18(21-8-4-1-5-9-21)16-11-19-10-15(20-16)14-12-23-17-7-3-2-6-13(14)17/h2-3,6-7,10-12H,1,4-5,8-9H2. The molecule has 1 fully saturated rings. The molecule has 0 saturated carbocycles. The summed E-state index contributed by atoms with van der Waals surface area (Å²) >= 11 is 1.69. The third-order valence-corrected chi connectivity index (χ3v) is 5.22. The van der Waals surface area contributed by atoms with E-state index in [0.29, 0.717) is 5.69 Å². The van der Waals surface area contributed by atoms with Gasteiger partial charge in [0.15, 0.2) is 0 Å². The van der Waals surface area contributed by atoms with Crippen LogP contribution in [0.25, 0.3) is 21.3 Å². The second-order valence-corrected chi connectivity index (χ2v) is 6.70. The Morgan fingerprint density at radius 2 is 1.91 bits per heavy atom. The van der Waals surface area contributed by atoms with E-state index < -0.39 is 0 Å². The summed E-state index contributed by atoms with van der Waals surface area (Å²) in [5.74, 6) is -0.00131. The van der Waals surface area contributed by atoms with Crippen molar-refractivity contribution in [1.29, 1.82) is 0 Å². The minimum Gasteiger partial charge on any atom is -0.337 e. The normalized spacial score (nSPS) is 15.0. The van der Waals surface area contributed by atoms with Crippen LogP contribution in [0.2, 0.25) is 0 Å². The minimum atomic E-state index is -0.00131. The topological polar surface area (TPSA) is 46.1 Å². The van der Waals surface area contributed by atoms with Crippen molar-refractivity contribution in [3.8, 4) is 11.3 Å². The molecule has 0 N–H and O–H groups in total. The third kappa shape index (κ3) is 2.72. The summed E-state index contributed by atoms with van der Waals surface area (Å²) in [5, 5.41) is 3.25. The predicted octanol–water partition coefficient (Wildman–Crippen LogP) is 3.98. The van der Waals surface area contributed by atoms with Crippen molar-refractivity contribution in [2.45, 2.75) is 19.3 Å². The van der Waals surface area contributed by atoms with Crippen LogP contribution in [0.5, 0.6) is 0 Å². The maximum Gasteiger partial charge on any atom is 0.274 e. The van der Waals surface area contributed by atoms with Gasteiger partial charge >= 0.3 is 0 Å². The van der Waals surface area contributed by atoms with Crippen LogP contribution in [-0.2, 0) is 0 Å². The first-order valence-electron chi connectivity index (χ1n) is 7.91. The zero-order valence-electron chi connectivity index (χ0n) is 12.7. The van der Waals surface area contributed by atoms with E-state index in [4.69, 9.17) is 0 Å². The highest BCUT2D eigenvalue weighted by molar-refractivity contribution is 7.17. The molecule has 0 atom stereocenters. The van der Waals surface area contributed by atoms with E-state index in [1.165, 1.54) is 11.1 Å². The Bertz CT molecular complexity index is 852. The fourth-order valence-corrected chi connectivity index (χ4v) is 3.99. The summed E-state index contributed by atoms with van der Waals surface area (Å²) in [5.41, 5.74) is 2.26. The zero-order valence-corrected chi connectivity index (χ0v) is 13.6. The summed E-state index contributed by atoms with van der Waals surface area (Å²) in [6.45, 7) is 1.65. The smallest absolute Gasteiger partial charge is 0.274 e. The summed E-state index contributed by atoms with van der Waals surface area (Å²) in [6, 6.07) is 8.24. The van der Waals surface area contributed by atoms with Gasteiger partial charge in [-0.25, -0.2) is 4.98 Å². The SMILES string of the molecule is O=C(c1cncc(-c2csc3ccccc23)n1)N1CCCCC1. The molecule has 1 aliphatic heterocycles. The van der Waals surface area contributed by atoms with Crippen LogP contribution in [0.15, 0.2) is 42.0 Å². The summed E-state index contributed by atoms with van der Waals surface area (Å²) in [4.78, 5) is 23.4. The molecule has 0 bridgehead atoms. The number of amides is 1. The lowest BCUT2D eigenvalue weighted by atomic mass is 10.1. The van der Waals surface area contributed by atoms with Crippen LogP contribution in [-0.4, -0.2) is 33.9 Å². The van der Waals surface area contributed by atoms with Crippen LogP contribution in [0.4, 0.5) is 0 Å². The maximum atomic E-state index is 12.6. The van der Waals surface area contributed by atoms with Crippen molar-refractivity contribution in [3.63, 3.8) is 0 Å². The maximum absolute atomic E-state index is 12.6. The van der Waals surface area contributed by atoms with E-state index in [-0.39, 0.29) is 5.91 Å². The van der Waals surface area contributed by atoms with Crippen molar-refractivity contribution >= 4 is 27.3 Å². The molecule has 23 heavy (non-hydrogen) atoms. The second kappa shape index (κ2) is 6.08. The molecular weight excluding hydrogens is 306 g/mol. The molecule has 3 heterocycles. The first-order chi connectivity index (χ1) is 11.3. The fraction of sp³-hybridized carbons (Fsp3) is 0.278. The van der Waals surface area contributed by atoms with Gasteiger partial charge in [0.1, 0.15) is 5.69 Å². The second-order valence-electron chi connectivity index (χ2n) is 5.79. The van der Waals surface area contributed by atoms with Gasteiger partial charge in [-0.3, -0.25) is 9.78 Å². The van der Waals surface area contributed by atoms with Crippen LogP contribution in [0, 0.1) is 0 Å². The van der Waals surface area contributed by atoms with Crippen LogP contribution < -0.4 is 0 Å². The van der Waals surface area contributed by atoms with Crippen molar-refractivity contribution in [2.24, 2.45) is 0 Å². The Morgan fingerprint density at radius 3 is 2.78 bits per heavy atom. The van der Waals surface area contributed by atoms with E-state index in [2.05, 4.69) is 27.5 Å². The van der Waals surface area contributed by atoms with Gasteiger partial charge in [0.05, 0.1) is 18.1 Å². The Balaban J connectivity index is 1.70. The average Bonchev–Trinajstić information content (AvgIpc) is 3.06. The molecule has 1 amide bonds. The number of carbonyl (C=O) groups is 1. The number of nitrogens with zero attached hydrogens (tertiary/aromatic N) is 3. The Labute approximate surface area is 138 Å². The number of benzene rings is 1. The molecule has 1 aliphatic rings. The summed E-state index contributed by atoms with van der Waals surface area (Å²) in [7, 11) is 0. The molecule has 0 unspecified atom stereocenters. The van der Waals surface area contributed by atoms with Crippen molar-refractivity contribution < 1.29 is 4.79 Å². The molecule has 116 valence electrons. The molecule has 1 aromatic carbocycles. The molecule has 0 radical (unpaired) electrons. The third-order valence-electron chi connectivity index (χ3n) is 4.25. The van der Waals surface area contributed by atoms with Gasteiger partial charge in [0.2, 0.25) is 0 Å². The van der Waals surface area contributed by atoms with Gasteiger partial charge in [-0.05, 0) is 25.3 Å². The van der Waals surface area contributed by atoms with E-state index in [1.54, 1.807) is 23.7 Å². The Kier molecular flexibility index (Phi) is 3.79. The summed E-state index contributed by atoms with van der Waals surface area (Å²) in [6.07, 6.45) is 6.68. The lowest BCUT2D eigenvalue weighted by Gasteiger charge is -2.26. The number of hydrogen-bond acceptors (Lipinski definition) is 4. The number of thiophene rings is 1. The number of piperidine rings is 1. The number of rotatable bonds is 2. The molecule has 1 saturated heterocycles. The van der Waals surface area contributed by atoms with Crippen LogP contribution >= 0.6 is 11.3 Å². The molecule has 4 nitrogen and oxygen atoms in total. The highest BCUT2D eigenvalue weighted by Gasteiger charge is 2.20. The lowest BCUT2D eigenvalue weighted by Crippen LogP contribution is -2.36. The number of carbonyl (C=O) groups excluding carboxylic acids is 1. The number of fused-ring (bicyclic) bond motifs is 1. The van der Waals surface area contributed by atoms with Crippen molar-refractivity contribution in [1.82, 2.24) is 14.9 Å². The minimum absolute atomic E-state index is 0.00131. The average molecular weight is 323 g/mol. The first kappa shape index (κ1) is 14.3. The van der Waals surface area contributed by atoms with Gasteiger partial charge in [-0.2, -0.15) is 0 Å². The first-order valence-corrected chi connectivity index (χ1v) is 8.79. The summed E-state index contributed by atoms with van der Waals surface area (Å²) < 4.78 is 1.22. The van der Waals surface area contributed by atoms with Gasteiger partial charge < -0.3 is 4.90 Å². The van der Waals surface area contributed by atoms with E-state index in [0.717, 1.165) is 42.6 Å². The monoisotopic (exact) mass is 323 g/mol.